The molecule has 3 heteroatoms. The Morgan fingerprint density at radius 1 is 0.889 bits per heavy atom. The summed E-state index contributed by atoms with van der Waals surface area (Å²) < 4.78 is 13.4. The van der Waals surface area contributed by atoms with Crippen LogP contribution in [0.4, 0.5) is 4.39 Å². The maximum Gasteiger partial charge on any atom is 0.130 e. The monoisotopic (exact) mass is 242 g/mol. The first kappa shape index (κ1) is 12.4. The summed E-state index contributed by atoms with van der Waals surface area (Å²) in [5, 5.41) is 0. The topological polar surface area (TPSA) is 25.8 Å². The summed E-state index contributed by atoms with van der Waals surface area (Å²) in [6.07, 6.45) is 3.52. The van der Waals surface area contributed by atoms with Crippen LogP contribution in [0, 0.1) is 26.6 Å². The van der Waals surface area contributed by atoms with Gasteiger partial charge in [0.2, 0.25) is 0 Å². The molecule has 2 rings (SSSR count). The van der Waals surface area contributed by atoms with E-state index in [2.05, 4.69) is 9.97 Å². The highest BCUT2D eigenvalue weighted by atomic mass is 19.1. The molecule has 0 spiro atoms. The Morgan fingerprint density at radius 2 is 1.56 bits per heavy atom. The fourth-order valence-corrected chi connectivity index (χ4v) is 1.67. The van der Waals surface area contributed by atoms with Crippen molar-refractivity contribution in [2.45, 2.75) is 20.8 Å². The van der Waals surface area contributed by atoms with Gasteiger partial charge in [0.25, 0.3) is 0 Å². The molecule has 0 fully saturated rings. The minimum Gasteiger partial charge on any atom is -0.254 e. The number of halogens is 1. The van der Waals surface area contributed by atoms with Crippen molar-refractivity contribution in [1.82, 2.24) is 9.97 Å². The minimum atomic E-state index is -0.233. The van der Waals surface area contributed by atoms with Gasteiger partial charge in [0.15, 0.2) is 0 Å². The van der Waals surface area contributed by atoms with E-state index in [9.17, 15) is 4.39 Å². The lowest BCUT2D eigenvalue weighted by molar-refractivity contribution is 0.625. The molecule has 0 N–H and O–H groups in total. The molecule has 0 aliphatic carbocycles. The molecule has 0 bridgehead atoms. The zero-order valence-corrected chi connectivity index (χ0v) is 10.7. The van der Waals surface area contributed by atoms with E-state index in [1.807, 2.05) is 26.8 Å². The molecule has 0 amide bonds. The largest absolute Gasteiger partial charge is 0.254 e. The van der Waals surface area contributed by atoms with E-state index < -0.39 is 0 Å². The van der Waals surface area contributed by atoms with Crippen LogP contribution in [-0.2, 0) is 0 Å². The van der Waals surface area contributed by atoms with Crippen LogP contribution < -0.4 is 0 Å². The van der Waals surface area contributed by atoms with E-state index >= 15 is 0 Å². The van der Waals surface area contributed by atoms with Gasteiger partial charge in [0.1, 0.15) is 5.82 Å². The lowest BCUT2D eigenvalue weighted by Gasteiger charge is -2.04. The molecule has 0 saturated carbocycles. The highest BCUT2D eigenvalue weighted by molar-refractivity contribution is 5.69. The minimum absolute atomic E-state index is 0.233. The Labute approximate surface area is 106 Å². The SMILES string of the molecule is Cc1nc(C)c(/C=C/c2ccccc2F)nc1C. The zero-order chi connectivity index (χ0) is 13.1. The average molecular weight is 242 g/mol. The van der Waals surface area contributed by atoms with E-state index in [1.165, 1.54) is 6.07 Å². The molecular formula is C15H15FN2. The van der Waals surface area contributed by atoms with Gasteiger partial charge in [-0.2, -0.15) is 0 Å². The van der Waals surface area contributed by atoms with Gasteiger partial charge in [-0.15, -0.1) is 0 Å². The lowest BCUT2D eigenvalue weighted by atomic mass is 10.1. The first-order valence-electron chi connectivity index (χ1n) is 5.82. The van der Waals surface area contributed by atoms with Gasteiger partial charge in [-0.05, 0) is 39.0 Å². The quantitative estimate of drug-likeness (QED) is 0.802. The summed E-state index contributed by atoms with van der Waals surface area (Å²) >= 11 is 0. The molecule has 0 atom stereocenters. The van der Waals surface area contributed by atoms with Gasteiger partial charge in [-0.3, -0.25) is 4.98 Å². The van der Waals surface area contributed by atoms with Crippen LogP contribution in [0.1, 0.15) is 28.3 Å². The highest BCUT2D eigenvalue weighted by Gasteiger charge is 2.02. The molecule has 0 aliphatic rings. The molecule has 0 aliphatic heterocycles. The Bertz CT molecular complexity index is 603. The summed E-state index contributed by atoms with van der Waals surface area (Å²) in [4.78, 5) is 8.85. The van der Waals surface area contributed by atoms with Crippen molar-refractivity contribution in [1.29, 1.82) is 0 Å². The van der Waals surface area contributed by atoms with E-state index in [0.29, 0.717) is 5.56 Å². The Balaban J connectivity index is 2.35. The number of aromatic nitrogens is 2. The van der Waals surface area contributed by atoms with Crippen LogP contribution in [-0.4, -0.2) is 9.97 Å². The van der Waals surface area contributed by atoms with Crippen molar-refractivity contribution in [2.24, 2.45) is 0 Å². The second-order valence-corrected chi connectivity index (χ2v) is 4.22. The average Bonchev–Trinajstić information content (AvgIpc) is 2.34. The van der Waals surface area contributed by atoms with Crippen molar-refractivity contribution in [3.05, 3.63) is 58.4 Å². The van der Waals surface area contributed by atoms with Crippen LogP contribution in [0.3, 0.4) is 0 Å². The molecule has 2 aromatic rings. The number of aryl methyl sites for hydroxylation is 3. The predicted octanol–water partition coefficient (Wildman–Crippen LogP) is 3.71. The molecule has 92 valence electrons. The lowest BCUT2D eigenvalue weighted by Crippen LogP contribution is -1.98. The molecule has 18 heavy (non-hydrogen) atoms. The number of benzene rings is 1. The van der Waals surface area contributed by atoms with E-state index in [-0.39, 0.29) is 5.82 Å². The number of hydrogen-bond acceptors (Lipinski definition) is 2. The Morgan fingerprint density at radius 3 is 2.28 bits per heavy atom. The normalized spacial score (nSPS) is 11.1. The Hall–Kier alpha value is -2.03. The molecule has 1 aromatic carbocycles. The van der Waals surface area contributed by atoms with Crippen molar-refractivity contribution >= 4 is 12.2 Å². The standard InChI is InChI=1S/C15H15FN2/c1-10-11(2)18-15(12(3)17-10)9-8-13-6-4-5-7-14(13)16/h4-9H,1-3H3/b9-8+. The summed E-state index contributed by atoms with van der Waals surface area (Å²) in [6, 6.07) is 6.66. The van der Waals surface area contributed by atoms with Crippen LogP contribution in [0.5, 0.6) is 0 Å². The maximum atomic E-state index is 13.4. The molecule has 0 radical (unpaired) electrons. The highest BCUT2D eigenvalue weighted by Crippen LogP contribution is 2.13. The van der Waals surface area contributed by atoms with E-state index in [0.717, 1.165) is 22.8 Å². The van der Waals surface area contributed by atoms with Gasteiger partial charge in [-0.1, -0.05) is 18.2 Å². The van der Waals surface area contributed by atoms with Gasteiger partial charge in [0.05, 0.1) is 22.8 Å². The van der Waals surface area contributed by atoms with Gasteiger partial charge >= 0.3 is 0 Å². The molecule has 1 aromatic heterocycles. The number of rotatable bonds is 2. The zero-order valence-electron chi connectivity index (χ0n) is 10.7. The third-order valence-electron chi connectivity index (χ3n) is 2.84. The van der Waals surface area contributed by atoms with E-state index in [4.69, 9.17) is 0 Å². The number of hydrogen-bond donors (Lipinski definition) is 0. The van der Waals surface area contributed by atoms with Gasteiger partial charge < -0.3 is 0 Å². The maximum absolute atomic E-state index is 13.4. The summed E-state index contributed by atoms with van der Waals surface area (Å²) in [5.74, 6) is -0.233. The summed E-state index contributed by atoms with van der Waals surface area (Å²) in [5.41, 5.74) is 4.01. The van der Waals surface area contributed by atoms with Crippen LogP contribution in [0.25, 0.3) is 12.2 Å². The molecule has 0 unspecified atom stereocenters. The first-order valence-corrected chi connectivity index (χ1v) is 5.82. The van der Waals surface area contributed by atoms with Crippen molar-refractivity contribution < 1.29 is 4.39 Å². The molecule has 2 nitrogen and oxygen atoms in total. The third-order valence-corrected chi connectivity index (χ3v) is 2.84. The predicted molar refractivity (Wildman–Crippen MR) is 71.6 cm³/mol. The third kappa shape index (κ3) is 2.62. The fraction of sp³-hybridized carbons (Fsp3) is 0.200. The van der Waals surface area contributed by atoms with E-state index in [1.54, 1.807) is 24.3 Å². The van der Waals surface area contributed by atoms with Crippen molar-refractivity contribution in [2.75, 3.05) is 0 Å². The molecule has 0 saturated heterocycles. The van der Waals surface area contributed by atoms with Crippen molar-refractivity contribution in [3.8, 4) is 0 Å². The van der Waals surface area contributed by atoms with Crippen molar-refractivity contribution in [3.63, 3.8) is 0 Å². The summed E-state index contributed by atoms with van der Waals surface area (Å²) in [6.45, 7) is 5.75. The first-order chi connectivity index (χ1) is 8.58. The fourth-order valence-electron chi connectivity index (χ4n) is 1.67. The van der Waals surface area contributed by atoms with Gasteiger partial charge in [0, 0.05) is 5.56 Å². The van der Waals surface area contributed by atoms with Crippen LogP contribution in [0.15, 0.2) is 24.3 Å². The second kappa shape index (κ2) is 5.08. The molecular weight excluding hydrogens is 227 g/mol. The second-order valence-electron chi connectivity index (χ2n) is 4.22. The van der Waals surface area contributed by atoms with Gasteiger partial charge in [-0.25, -0.2) is 9.37 Å². The molecule has 1 heterocycles. The van der Waals surface area contributed by atoms with Crippen LogP contribution >= 0.6 is 0 Å². The number of nitrogens with zero attached hydrogens (tertiary/aromatic N) is 2. The Kier molecular flexibility index (Phi) is 3.51. The smallest absolute Gasteiger partial charge is 0.130 e. The van der Waals surface area contributed by atoms with Crippen LogP contribution in [0.2, 0.25) is 0 Å². The summed E-state index contributed by atoms with van der Waals surface area (Å²) in [7, 11) is 0.